The van der Waals surface area contributed by atoms with Gasteiger partial charge in [-0.1, -0.05) is 37.0 Å². The Labute approximate surface area is 202 Å². The number of amides is 2. The van der Waals surface area contributed by atoms with Crippen molar-refractivity contribution in [3.05, 3.63) is 59.7 Å². The molecule has 1 unspecified atom stereocenters. The van der Waals surface area contributed by atoms with E-state index in [2.05, 4.69) is 10.0 Å². The van der Waals surface area contributed by atoms with Crippen LogP contribution in [0.3, 0.4) is 0 Å². The second-order valence-electron chi connectivity index (χ2n) is 9.43. The number of aryl methyl sites for hydroxylation is 1. The molecule has 2 aromatic rings. The van der Waals surface area contributed by atoms with Crippen LogP contribution in [0.25, 0.3) is 0 Å². The van der Waals surface area contributed by atoms with Gasteiger partial charge in [-0.05, 0) is 69.0 Å². The highest BCUT2D eigenvalue weighted by atomic mass is 32.2. The van der Waals surface area contributed by atoms with E-state index in [1.807, 2.05) is 6.92 Å². The van der Waals surface area contributed by atoms with Gasteiger partial charge >= 0.3 is 0 Å². The monoisotopic (exact) mass is 483 g/mol. The number of hydrogen-bond acceptors (Lipinski definition) is 4. The molecule has 2 aliphatic rings. The Hall–Kier alpha value is -2.87. The summed E-state index contributed by atoms with van der Waals surface area (Å²) >= 11 is 0. The molecular weight excluding hydrogens is 450 g/mol. The Morgan fingerprint density at radius 1 is 0.882 bits per heavy atom. The SMILES string of the molecule is Cc1ccc(S(=O)(=O)Nc2ccc(C(=O)N3CCCC(C(=O)NC4CCCCC4)C3)cc2)cc1. The molecule has 1 heterocycles. The summed E-state index contributed by atoms with van der Waals surface area (Å²) in [4.78, 5) is 27.8. The minimum Gasteiger partial charge on any atom is -0.353 e. The smallest absolute Gasteiger partial charge is 0.261 e. The number of likely N-dealkylation sites (tertiary alicyclic amines) is 1. The Kier molecular flexibility index (Phi) is 7.56. The number of piperidine rings is 1. The van der Waals surface area contributed by atoms with E-state index in [-0.39, 0.29) is 28.7 Å². The highest BCUT2D eigenvalue weighted by molar-refractivity contribution is 7.92. The zero-order valence-corrected chi connectivity index (χ0v) is 20.4. The molecule has 2 amide bonds. The van der Waals surface area contributed by atoms with Crippen LogP contribution in [0.1, 0.15) is 60.9 Å². The number of anilines is 1. The third-order valence-corrected chi connectivity index (χ3v) is 8.14. The molecule has 0 bridgehead atoms. The quantitative estimate of drug-likeness (QED) is 0.647. The van der Waals surface area contributed by atoms with Gasteiger partial charge in [-0.15, -0.1) is 0 Å². The molecule has 0 radical (unpaired) electrons. The molecule has 1 saturated carbocycles. The average Bonchev–Trinajstić information content (AvgIpc) is 2.85. The van der Waals surface area contributed by atoms with Gasteiger partial charge in [-0.25, -0.2) is 8.42 Å². The zero-order valence-electron chi connectivity index (χ0n) is 19.6. The number of carbonyl (C=O) groups excluding carboxylic acids is 2. The fourth-order valence-corrected chi connectivity index (χ4v) is 5.80. The zero-order chi connectivity index (χ0) is 24.1. The number of sulfonamides is 1. The maximum Gasteiger partial charge on any atom is 0.261 e. The molecule has 2 fully saturated rings. The van der Waals surface area contributed by atoms with Gasteiger partial charge < -0.3 is 10.2 Å². The molecule has 1 aliphatic heterocycles. The molecule has 182 valence electrons. The number of rotatable bonds is 6. The van der Waals surface area contributed by atoms with Crippen LogP contribution in [0.5, 0.6) is 0 Å². The second-order valence-corrected chi connectivity index (χ2v) is 11.1. The number of nitrogens with zero attached hydrogens (tertiary/aromatic N) is 1. The minimum absolute atomic E-state index is 0.0604. The molecular formula is C26H33N3O4S. The van der Waals surface area contributed by atoms with Crippen molar-refractivity contribution < 1.29 is 18.0 Å². The van der Waals surface area contributed by atoms with Crippen LogP contribution < -0.4 is 10.0 Å². The van der Waals surface area contributed by atoms with Gasteiger partial charge in [0.05, 0.1) is 10.8 Å². The van der Waals surface area contributed by atoms with Crippen molar-refractivity contribution in [3.63, 3.8) is 0 Å². The van der Waals surface area contributed by atoms with Crippen molar-refractivity contribution >= 4 is 27.5 Å². The Morgan fingerprint density at radius 3 is 2.24 bits per heavy atom. The average molecular weight is 484 g/mol. The molecule has 7 nitrogen and oxygen atoms in total. The van der Waals surface area contributed by atoms with E-state index in [9.17, 15) is 18.0 Å². The first-order chi connectivity index (χ1) is 16.3. The Bertz CT molecular complexity index is 1110. The first-order valence-electron chi connectivity index (χ1n) is 12.1. The van der Waals surface area contributed by atoms with Crippen molar-refractivity contribution in [2.75, 3.05) is 17.8 Å². The first-order valence-corrected chi connectivity index (χ1v) is 13.6. The fourth-order valence-electron chi connectivity index (χ4n) is 4.74. The summed E-state index contributed by atoms with van der Waals surface area (Å²) in [6.07, 6.45) is 7.24. The standard InChI is InChI=1S/C26H33N3O4S/c1-19-9-15-24(16-10-19)34(32,33)28-23-13-11-20(12-14-23)26(31)29-17-5-6-21(18-29)25(30)27-22-7-3-2-4-8-22/h9-16,21-22,28H,2-8,17-18H2,1H3,(H,27,30). The van der Waals surface area contributed by atoms with Crippen molar-refractivity contribution in [1.29, 1.82) is 0 Å². The Morgan fingerprint density at radius 2 is 1.56 bits per heavy atom. The first kappa shape index (κ1) is 24.3. The molecule has 0 aromatic heterocycles. The van der Waals surface area contributed by atoms with E-state index in [1.165, 1.54) is 6.42 Å². The Balaban J connectivity index is 1.36. The number of benzene rings is 2. The van der Waals surface area contributed by atoms with Crippen LogP contribution in [0, 0.1) is 12.8 Å². The van der Waals surface area contributed by atoms with Crippen molar-refractivity contribution in [2.24, 2.45) is 5.92 Å². The van der Waals surface area contributed by atoms with Crippen molar-refractivity contribution in [3.8, 4) is 0 Å². The van der Waals surface area contributed by atoms with E-state index < -0.39 is 10.0 Å². The molecule has 1 saturated heterocycles. The third kappa shape index (κ3) is 5.97. The van der Waals surface area contributed by atoms with Crippen molar-refractivity contribution in [1.82, 2.24) is 10.2 Å². The highest BCUT2D eigenvalue weighted by Gasteiger charge is 2.30. The summed E-state index contributed by atoms with van der Waals surface area (Å²) in [5, 5.41) is 3.19. The summed E-state index contributed by atoms with van der Waals surface area (Å²) < 4.78 is 27.7. The summed E-state index contributed by atoms with van der Waals surface area (Å²) in [7, 11) is -3.70. The second kappa shape index (κ2) is 10.6. The minimum atomic E-state index is -3.70. The molecule has 2 N–H and O–H groups in total. The van der Waals surface area contributed by atoms with Crippen LogP contribution in [0.4, 0.5) is 5.69 Å². The maximum absolute atomic E-state index is 13.1. The van der Waals surface area contributed by atoms with Gasteiger partial charge in [0.1, 0.15) is 0 Å². The molecule has 1 atom stereocenters. The number of carbonyl (C=O) groups is 2. The normalized spacial score (nSPS) is 19.4. The van der Waals surface area contributed by atoms with E-state index in [4.69, 9.17) is 0 Å². The predicted molar refractivity (Wildman–Crippen MR) is 132 cm³/mol. The fraction of sp³-hybridized carbons (Fsp3) is 0.462. The van der Waals surface area contributed by atoms with Gasteiger partial charge in [-0.2, -0.15) is 0 Å². The lowest BCUT2D eigenvalue weighted by molar-refractivity contribution is -0.127. The van der Waals surface area contributed by atoms with Crippen LogP contribution in [-0.4, -0.2) is 44.3 Å². The van der Waals surface area contributed by atoms with Gasteiger partial charge in [-0.3, -0.25) is 14.3 Å². The van der Waals surface area contributed by atoms with E-state index in [0.717, 1.165) is 44.1 Å². The lowest BCUT2D eigenvalue weighted by atomic mass is 9.93. The lowest BCUT2D eigenvalue weighted by Crippen LogP contribution is -2.47. The van der Waals surface area contributed by atoms with Crippen LogP contribution in [0.15, 0.2) is 53.4 Å². The van der Waals surface area contributed by atoms with Gasteiger partial charge in [0.2, 0.25) is 5.91 Å². The molecule has 8 heteroatoms. The maximum atomic E-state index is 13.1. The topological polar surface area (TPSA) is 95.6 Å². The molecule has 1 aliphatic carbocycles. The third-order valence-electron chi connectivity index (χ3n) is 6.75. The molecule has 0 spiro atoms. The van der Waals surface area contributed by atoms with Crippen molar-refractivity contribution in [2.45, 2.75) is 62.8 Å². The highest BCUT2D eigenvalue weighted by Crippen LogP contribution is 2.23. The molecule has 2 aromatic carbocycles. The summed E-state index contributed by atoms with van der Waals surface area (Å²) in [5.41, 5.74) is 1.85. The summed E-state index contributed by atoms with van der Waals surface area (Å²) in [5.74, 6) is -0.256. The van der Waals surface area contributed by atoms with Crippen LogP contribution in [-0.2, 0) is 14.8 Å². The van der Waals surface area contributed by atoms with Gasteiger partial charge in [0.25, 0.3) is 15.9 Å². The largest absolute Gasteiger partial charge is 0.353 e. The van der Waals surface area contributed by atoms with E-state index >= 15 is 0 Å². The summed E-state index contributed by atoms with van der Waals surface area (Å²) in [6, 6.07) is 13.3. The number of hydrogen-bond donors (Lipinski definition) is 2. The van der Waals surface area contributed by atoms with Gasteiger partial charge in [0.15, 0.2) is 0 Å². The van der Waals surface area contributed by atoms with Crippen LogP contribution >= 0.6 is 0 Å². The predicted octanol–water partition coefficient (Wildman–Crippen LogP) is 4.10. The van der Waals surface area contributed by atoms with E-state index in [1.54, 1.807) is 53.4 Å². The van der Waals surface area contributed by atoms with Crippen LogP contribution in [0.2, 0.25) is 0 Å². The van der Waals surface area contributed by atoms with Gasteiger partial charge in [0, 0.05) is 30.4 Å². The summed E-state index contributed by atoms with van der Waals surface area (Å²) in [6.45, 7) is 2.93. The lowest BCUT2D eigenvalue weighted by Gasteiger charge is -2.33. The van der Waals surface area contributed by atoms with E-state index in [0.29, 0.717) is 24.3 Å². The molecule has 4 rings (SSSR count). The number of nitrogens with one attached hydrogen (secondary N) is 2. The molecule has 34 heavy (non-hydrogen) atoms.